The highest BCUT2D eigenvalue weighted by atomic mass is 32.1. The molecule has 0 N–H and O–H groups in total. The topological polar surface area (TPSA) is 13.1 Å². The Labute approximate surface area is 311 Å². The third kappa shape index (κ3) is 4.63. The Morgan fingerprint density at radius 3 is 1.28 bits per heavy atom. The van der Waals surface area contributed by atoms with Crippen LogP contribution in [-0.4, -0.2) is 0 Å². The number of hydrogen-bond acceptors (Lipinski definition) is 2. The summed E-state index contributed by atoms with van der Waals surface area (Å²) in [7, 11) is 0. The molecule has 2 heterocycles. The third-order valence-corrected chi connectivity index (χ3v) is 12.1. The Morgan fingerprint density at radius 1 is 0.321 bits per heavy atom. The molecule has 2 aromatic heterocycles. The zero-order valence-corrected chi connectivity index (χ0v) is 29.9. The van der Waals surface area contributed by atoms with Gasteiger partial charge in [-0.15, -0.1) is 11.3 Å². The molecule has 248 valence electrons. The standard InChI is InChI=1S/C51H32OS/c1-31-23-27-45(52-31)51-42-21-11-9-19-40(42)50(41-20-10-12-22-43(41)51)34-24-26-35-44-29-33(25-28-46(44)53-47(35)30-34)49-38-17-7-5-15-36(38)48(32-13-3-2-4-14-32)37-16-6-8-18-39(37)49/h2-30H,1H3. The summed E-state index contributed by atoms with van der Waals surface area (Å²) < 4.78 is 8.83. The summed E-state index contributed by atoms with van der Waals surface area (Å²) in [6, 6.07) is 64.5. The minimum absolute atomic E-state index is 0.910. The van der Waals surface area contributed by atoms with Gasteiger partial charge in [0.2, 0.25) is 0 Å². The molecule has 2 heteroatoms. The fourth-order valence-electron chi connectivity index (χ4n) is 8.72. The van der Waals surface area contributed by atoms with Crippen molar-refractivity contribution in [2.45, 2.75) is 6.92 Å². The van der Waals surface area contributed by atoms with Crippen LogP contribution in [0.4, 0.5) is 0 Å². The lowest BCUT2D eigenvalue weighted by molar-refractivity contribution is 0.549. The maximum atomic E-state index is 6.24. The summed E-state index contributed by atoms with van der Waals surface area (Å²) in [5, 5.41) is 12.6. The van der Waals surface area contributed by atoms with E-state index < -0.39 is 0 Å². The molecule has 0 aliphatic heterocycles. The highest BCUT2D eigenvalue weighted by molar-refractivity contribution is 7.25. The quantitative estimate of drug-likeness (QED) is 0.167. The fourth-order valence-corrected chi connectivity index (χ4v) is 9.84. The second-order valence-corrected chi connectivity index (χ2v) is 15.1. The molecule has 9 aromatic carbocycles. The molecule has 0 saturated carbocycles. The van der Waals surface area contributed by atoms with E-state index in [1.807, 2.05) is 18.3 Å². The molecule has 0 amide bonds. The van der Waals surface area contributed by atoms with Crippen molar-refractivity contribution in [1.82, 2.24) is 0 Å². The van der Waals surface area contributed by atoms with Crippen LogP contribution in [0.1, 0.15) is 5.76 Å². The second kappa shape index (κ2) is 11.8. The highest BCUT2D eigenvalue weighted by Crippen LogP contribution is 2.48. The Hall–Kier alpha value is -6.48. The van der Waals surface area contributed by atoms with Crippen LogP contribution < -0.4 is 0 Å². The van der Waals surface area contributed by atoms with Crippen LogP contribution in [0.15, 0.2) is 180 Å². The van der Waals surface area contributed by atoms with E-state index in [2.05, 4.69) is 176 Å². The van der Waals surface area contributed by atoms with Gasteiger partial charge in [0.1, 0.15) is 11.5 Å². The van der Waals surface area contributed by atoms with Crippen LogP contribution in [0.25, 0.3) is 108 Å². The molecule has 0 atom stereocenters. The summed E-state index contributed by atoms with van der Waals surface area (Å²) in [5.74, 6) is 1.83. The van der Waals surface area contributed by atoms with Gasteiger partial charge in [-0.25, -0.2) is 0 Å². The molecule has 1 nitrogen and oxygen atoms in total. The molecule has 11 rings (SSSR count). The van der Waals surface area contributed by atoms with Crippen LogP contribution >= 0.6 is 11.3 Å². The second-order valence-electron chi connectivity index (χ2n) is 14.0. The molecule has 0 saturated heterocycles. The van der Waals surface area contributed by atoms with E-state index in [-0.39, 0.29) is 0 Å². The van der Waals surface area contributed by atoms with Crippen molar-refractivity contribution in [3.63, 3.8) is 0 Å². The first-order valence-corrected chi connectivity index (χ1v) is 19.0. The van der Waals surface area contributed by atoms with Gasteiger partial charge in [-0.05, 0) is 114 Å². The van der Waals surface area contributed by atoms with Gasteiger partial charge in [0.15, 0.2) is 0 Å². The molecule has 0 fully saturated rings. The Balaban J connectivity index is 1.13. The van der Waals surface area contributed by atoms with Gasteiger partial charge in [0.25, 0.3) is 0 Å². The molecule has 0 aliphatic carbocycles. The predicted molar refractivity (Wildman–Crippen MR) is 228 cm³/mol. The Morgan fingerprint density at radius 2 is 0.774 bits per heavy atom. The average Bonchev–Trinajstić information content (AvgIpc) is 3.81. The van der Waals surface area contributed by atoms with Crippen LogP contribution in [0.2, 0.25) is 0 Å². The van der Waals surface area contributed by atoms with E-state index in [1.165, 1.54) is 96.6 Å². The first-order valence-electron chi connectivity index (χ1n) is 18.2. The summed E-state index contributed by atoms with van der Waals surface area (Å²) in [4.78, 5) is 0. The first-order chi connectivity index (χ1) is 26.2. The Kier molecular flexibility index (Phi) is 6.71. The van der Waals surface area contributed by atoms with Gasteiger partial charge >= 0.3 is 0 Å². The maximum absolute atomic E-state index is 6.24. The Bertz CT molecular complexity index is 3120. The lowest BCUT2D eigenvalue weighted by atomic mass is 9.85. The van der Waals surface area contributed by atoms with Crippen molar-refractivity contribution in [2.75, 3.05) is 0 Å². The van der Waals surface area contributed by atoms with Crippen LogP contribution in [0.3, 0.4) is 0 Å². The van der Waals surface area contributed by atoms with Crippen molar-refractivity contribution >= 4 is 74.6 Å². The lowest BCUT2D eigenvalue weighted by Gasteiger charge is -2.17. The third-order valence-electron chi connectivity index (χ3n) is 11.0. The van der Waals surface area contributed by atoms with Crippen molar-refractivity contribution in [3.8, 4) is 44.7 Å². The van der Waals surface area contributed by atoms with Gasteiger partial charge in [-0.2, -0.15) is 0 Å². The molecular weight excluding hydrogens is 661 g/mol. The van der Waals surface area contributed by atoms with Gasteiger partial charge in [0, 0.05) is 25.7 Å². The van der Waals surface area contributed by atoms with Crippen LogP contribution in [-0.2, 0) is 0 Å². The van der Waals surface area contributed by atoms with E-state index >= 15 is 0 Å². The van der Waals surface area contributed by atoms with Crippen molar-refractivity contribution in [3.05, 3.63) is 182 Å². The number of aryl methyl sites for hydroxylation is 1. The minimum Gasteiger partial charge on any atom is -0.461 e. The predicted octanol–water partition coefficient (Wildman–Crippen LogP) is 15.2. The summed E-state index contributed by atoms with van der Waals surface area (Å²) in [5.41, 5.74) is 8.72. The van der Waals surface area contributed by atoms with Crippen LogP contribution in [0, 0.1) is 6.92 Å². The van der Waals surface area contributed by atoms with Crippen molar-refractivity contribution in [1.29, 1.82) is 0 Å². The molecule has 0 aliphatic rings. The smallest absolute Gasteiger partial charge is 0.135 e. The zero-order valence-electron chi connectivity index (χ0n) is 29.1. The molecule has 0 unspecified atom stereocenters. The SMILES string of the molecule is Cc1ccc(-c2c3ccccc3c(-c3ccc4c(c3)sc3ccc(-c5c6ccccc6c(-c6ccccc6)c6ccccc56)cc34)c3ccccc23)o1. The maximum Gasteiger partial charge on any atom is 0.135 e. The monoisotopic (exact) mass is 692 g/mol. The number of hydrogen-bond donors (Lipinski definition) is 0. The van der Waals surface area contributed by atoms with E-state index in [0.29, 0.717) is 0 Å². The molecule has 0 bridgehead atoms. The number of benzene rings is 9. The largest absolute Gasteiger partial charge is 0.461 e. The van der Waals surface area contributed by atoms with Crippen LogP contribution in [0.5, 0.6) is 0 Å². The van der Waals surface area contributed by atoms with E-state index in [0.717, 1.165) is 17.1 Å². The van der Waals surface area contributed by atoms with Crippen molar-refractivity contribution in [2.24, 2.45) is 0 Å². The molecular formula is C51H32OS. The highest BCUT2D eigenvalue weighted by Gasteiger charge is 2.20. The van der Waals surface area contributed by atoms with Gasteiger partial charge in [0.05, 0.1) is 0 Å². The van der Waals surface area contributed by atoms with Crippen molar-refractivity contribution < 1.29 is 4.42 Å². The normalized spacial score (nSPS) is 11.9. The lowest BCUT2D eigenvalue weighted by Crippen LogP contribution is -1.90. The fraction of sp³-hybridized carbons (Fsp3) is 0.0196. The van der Waals surface area contributed by atoms with Gasteiger partial charge < -0.3 is 4.42 Å². The molecule has 11 aromatic rings. The van der Waals surface area contributed by atoms with E-state index in [9.17, 15) is 0 Å². The molecule has 53 heavy (non-hydrogen) atoms. The summed E-state index contributed by atoms with van der Waals surface area (Å²) >= 11 is 1.88. The number of rotatable bonds is 4. The van der Waals surface area contributed by atoms with E-state index in [4.69, 9.17) is 4.42 Å². The number of furan rings is 1. The zero-order chi connectivity index (χ0) is 35.0. The summed E-state index contributed by atoms with van der Waals surface area (Å²) in [6.45, 7) is 2.01. The van der Waals surface area contributed by atoms with E-state index in [1.54, 1.807) is 0 Å². The summed E-state index contributed by atoms with van der Waals surface area (Å²) in [6.07, 6.45) is 0. The van der Waals surface area contributed by atoms with Gasteiger partial charge in [-0.3, -0.25) is 0 Å². The first kappa shape index (κ1) is 30.2. The van der Waals surface area contributed by atoms with Gasteiger partial charge in [-0.1, -0.05) is 146 Å². The average molecular weight is 693 g/mol. The number of thiophene rings is 1. The molecule has 0 radical (unpaired) electrons. The molecule has 0 spiro atoms. The minimum atomic E-state index is 0.910. The number of fused-ring (bicyclic) bond motifs is 7.